The van der Waals surface area contributed by atoms with Crippen LogP contribution >= 0.6 is 0 Å². The second-order valence-electron chi connectivity index (χ2n) is 2.40. The van der Waals surface area contributed by atoms with Crippen LogP contribution in [-0.2, 0) is 0 Å². The third-order valence-corrected chi connectivity index (χ3v) is 1.68. The summed E-state index contributed by atoms with van der Waals surface area (Å²) in [5.41, 5.74) is 1.63. The zero-order valence-corrected chi connectivity index (χ0v) is 6.36. The molecule has 0 aliphatic carbocycles. The highest BCUT2D eigenvalue weighted by Crippen LogP contribution is 2.12. The minimum absolute atomic E-state index is 0.792. The van der Waals surface area contributed by atoms with Gasteiger partial charge in [0.2, 0.25) is 0 Å². The Morgan fingerprint density at radius 3 is 3.08 bits per heavy atom. The predicted molar refractivity (Wildman–Crippen MR) is 47.5 cm³/mol. The molecule has 0 aliphatic rings. The second-order valence-corrected chi connectivity index (χ2v) is 2.40. The zero-order valence-electron chi connectivity index (χ0n) is 6.36. The third kappa shape index (κ3) is 0.923. The summed E-state index contributed by atoms with van der Waals surface area (Å²) in [7, 11) is 0. The van der Waals surface area contributed by atoms with E-state index in [4.69, 9.17) is 6.42 Å². The van der Waals surface area contributed by atoms with Crippen LogP contribution in [0.1, 0.15) is 5.56 Å². The summed E-state index contributed by atoms with van der Waals surface area (Å²) in [5, 5.41) is 0.981. The molecule has 2 heteroatoms. The third-order valence-electron chi connectivity index (χ3n) is 1.68. The maximum atomic E-state index is 5.30. The van der Waals surface area contributed by atoms with Crippen molar-refractivity contribution in [2.75, 3.05) is 0 Å². The fraction of sp³-hybridized carbons (Fsp3) is 0. The van der Waals surface area contributed by atoms with Gasteiger partial charge in [-0.25, -0.2) is 0 Å². The molecule has 2 heterocycles. The maximum Gasteiger partial charge on any atom is 0.0897 e. The van der Waals surface area contributed by atoms with Gasteiger partial charge in [0.25, 0.3) is 0 Å². The average molecular weight is 154 g/mol. The van der Waals surface area contributed by atoms with Crippen LogP contribution in [0.25, 0.3) is 10.9 Å². The van der Waals surface area contributed by atoms with Gasteiger partial charge in [-0.05, 0) is 12.1 Å². The Balaban J connectivity index is 2.91. The van der Waals surface area contributed by atoms with Gasteiger partial charge < -0.3 is 0 Å². The summed E-state index contributed by atoms with van der Waals surface area (Å²) in [6.07, 6.45) is 10.4. The van der Waals surface area contributed by atoms with Crippen LogP contribution in [0, 0.1) is 12.3 Å². The smallest absolute Gasteiger partial charge is 0.0897 e. The average Bonchev–Trinajstić information content (AvgIpc) is 2.17. The highest BCUT2D eigenvalue weighted by molar-refractivity contribution is 5.83. The number of hydrogen-bond acceptors (Lipinski definition) is 2. The van der Waals surface area contributed by atoms with Crippen LogP contribution in [0.2, 0.25) is 0 Å². The van der Waals surface area contributed by atoms with Gasteiger partial charge in [0.15, 0.2) is 0 Å². The first-order valence-corrected chi connectivity index (χ1v) is 3.57. The number of nitrogens with zero attached hydrogens (tertiary/aromatic N) is 2. The lowest BCUT2D eigenvalue weighted by molar-refractivity contribution is 1.30. The van der Waals surface area contributed by atoms with E-state index in [2.05, 4.69) is 15.9 Å². The number of fused-ring (bicyclic) bond motifs is 1. The highest BCUT2D eigenvalue weighted by atomic mass is 14.7. The van der Waals surface area contributed by atoms with Crippen LogP contribution in [0.15, 0.2) is 30.7 Å². The Hall–Kier alpha value is -1.88. The number of pyridine rings is 2. The van der Waals surface area contributed by atoms with Crippen molar-refractivity contribution in [3.63, 3.8) is 0 Å². The summed E-state index contributed by atoms with van der Waals surface area (Å²) in [6.45, 7) is 0. The molecule has 2 aromatic rings. The number of terminal acetylenes is 1. The van der Waals surface area contributed by atoms with Crippen molar-refractivity contribution in [1.82, 2.24) is 9.97 Å². The molecule has 2 aromatic heterocycles. The molecule has 0 atom stereocenters. The molecular weight excluding hydrogens is 148 g/mol. The summed E-state index contributed by atoms with van der Waals surface area (Å²) in [6, 6.07) is 3.81. The van der Waals surface area contributed by atoms with Gasteiger partial charge in [0.05, 0.1) is 17.3 Å². The lowest BCUT2D eigenvalue weighted by Crippen LogP contribution is -1.83. The van der Waals surface area contributed by atoms with Crippen LogP contribution in [-0.4, -0.2) is 9.97 Å². The Bertz CT molecular complexity index is 449. The Morgan fingerprint density at radius 1 is 1.33 bits per heavy atom. The summed E-state index contributed by atoms with van der Waals surface area (Å²) in [5.74, 6) is 2.57. The van der Waals surface area contributed by atoms with E-state index in [0.717, 1.165) is 16.5 Å². The molecule has 0 bridgehead atoms. The molecule has 56 valence electrons. The molecule has 0 fully saturated rings. The minimum atomic E-state index is 0.792. The summed E-state index contributed by atoms with van der Waals surface area (Å²) in [4.78, 5) is 8.11. The van der Waals surface area contributed by atoms with Crippen molar-refractivity contribution in [2.24, 2.45) is 0 Å². The Kier molecular flexibility index (Phi) is 1.49. The molecule has 0 spiro atoms. The second kappa shape index (κ2) is 2.63. The van der Waals surface area contributed by atoms with Crippen molar-refractivity contribution in [1.29, 1.82) is 0 Å². The summed E-state index contributed by atoms with van der Waals surface area (Å²) >= 11 is 0. The molecule has 0 aromatic carbocycles. The first kappa shape index (κ1) is 6.81. The van der Waals surface area contributed by atoms with E-state index in [1.54, 1.807) is 18.6 Å². The van der Waals surface area contributed by atoms with Gasteiger partial charge in [0.1, 0.15) is 0 Å². The Morgan fingerprint density at radius 2 is 2.25 bits per heavy atom. The van der Waals surface area contributed by atoms with E-state index in [0.29, 0.717) is 0 Å². The molecule has 0 N–H and O–H groups in total. The van der Waals surface area contributed by atoms with Gasteiger partial charge in [-0.15, -0.1) is 6.42 Å². The standard InChI is InChI=1S/C10H6N2/c1-2-8-6-11-7-10-9(8)4-3-5-12-10/h1,3-7H. The first-order valence-electron chi connectivity index (χ1n) is 3.57. The normalized spacial score (nSPS) is 9.58. The Labute approximate surface area is 70.3 Å². The molecule has 0 amide bonds. The molecule has 0 radical (unpaired) electrons. The van der Waals surface area contributed by atoms with E-state index < -0.39 is 0 Å². The fourth-order valence-electron chi connectivity index (χ4n) is 1.12. The molecule has 12 heavy (non-hydrogen) atoms. The quantitative estimate of drug-likeness (QED) is 0.539. The van der Waals surface area contributed by atoms with E-state index in [9.17, 15) is 0 Å². The fourth-order valence-corrected chi connectivity index (χ4v) is 1.12. The number of rotatable bonds is 0. The van der Waals surface area contributed by atoms with Crippen molar-refractivity contribution >= 4 is 10.9 Å². The monoisotopic (exact) mass is 154 g/mol. The predicted octanol–water partition coefficient (Wildman–Crippen LogP) is 1.61. The first-order chi connectivity index (χ1) is 5.92. The number of aromatic nitrogens is 2. The SMILES string of the molecule is C#Cc1cncc2ncccc12. The molecule has 0 saturated heterocycles. The van der Waals surface area contributed by atoms with Crippen molar-refractivity contribution in [3.05, 3.63) is 36.3 Å². The van der Waals surface area contributed by atoms with Gasteiger partial charge in [-0.1, -0.05) is 5.92 Å². The molecule has 0 saturated carbocycles. The molecule has 2 rings (SSSR count). The van der Waals surface area contributed by atoms with Gasteiger partial charge >= 0.3 is 0 Å². The summed E-state index contributed by atoms with van der Waals surface area (Å²) < 4.78 is 0. The van der Waals surface area contributed by atoms with E-state index >= 15 is 0 Å². The minimum Gasteiger partial charge on any atom is -0.261 e. The molecule has 0 aliphatic heterocycles. The zero-order chi connectivity index (χ0) is 8.39. The van der Waals surface area contributed by atoms with Gasteiger partial charge in [-0.3, -0.25) is 9.97 Å². The van der Waals surface area contributed by atoms with E-state index in [-0.39, 0.29) is 0 Å². The van der Waals surface area contributed by atoms with E-state index in [1.165, 1.54) is 0 Å². The van der Waals surface area contributed by atoms with Crippen LogP contribution in [0.4, 0.5) is 0 Å². The lowest BCUT2D eigenvalue weighted by Gasteiger charge is -1.96. The van der Waals surface area contributed by atoms with Crippen molar-refractivity contribution < 1.29 is 0 Å². The lowest BCUT2D eigenvalue weighted by atomic mass is 10.2. The molecular formula is C10H6N2. The van der Waals surface area contributed by atoms with Crippen LogP contribution in [0.5, 0.6) is 0 Å². The largest absolute Gasteiger partial charge is 0.261 e. The topological polar surface area (TPSA) is 25.8 Å². The van der Waals surface area contributed by atoms with Crippen LogP contribution < -0.4 is 0 Å². The van der Waals surface area contributed by atoms with E-state index in [1.807, 2.05) is 12.1 Å². The van der Waals surface area contributed by atoms with Gasteiger partial charge in [0, 0.05) is 17.8 Å². The molecule has 2 nitrogen and oxygen atoms in total. The maximum absolute atomic E-state index is 5.30. The van der Waals surface area contributed by atoms with Crippen molar-refractivity contribution in [2.45, 2.75) is 0 Å². The molecule has 0 unspecified atom stereocenters. The van der Waals surface area contributed by atoms with Gasteiger partial charge in [-0.2, -0.15) is 0 Å². The highest BCUT2D eigenvalue weighted by Gasteiger charge is 1.96. The van der Waals surface area contributed by atoms with Crippen LogP contribution in [0.3, 0.4) is 0 Å². The van der Waals surface area contributed by atoms with Crippen molar-refractivity contribution in [3.8, 4) is 12.3 Å². The number of hydrogen-bond donors (Lipinski definition) is 0.